The largest absolute Gasteiger partial charge is 0.352 e. The van der Waals surface area contributed by atoms with Crippen LogP contribution in [-0.2, 0) is 32.6 Å². The summed E-state index contributed by atoms with van der Waals surface area (Å²) < 4.78 is 26.9. The Labute approximate surface area is 249 Å². The maximum atomic E-state index is 13.9. The molecular weight excluding hydrogens is 558 g/mol. The molecule has 2 amide bonds. The molecule has 0 heterocycles. The Bertz CT molecular complexity index is 1440. The van der Waals surface area contributed by atoms with E-state index in [4.69, 9.17) is 11.6 Å². The van der Waals surface area contributed by atoms with E-state index in [0.717, 1.165) is 22.3 Å². The van der Waals surface area contributed by atoms with E-state index in [1.807, 2.05) is 88.4 Å². The van der Waals surface area contributed by atoms with Crippen LogP contribution in [0.15, 0.2) is 72.8 Å². The second-order valence-corrected chi connectivity index (χ2v) is 13.0. The minimum Gasteiger partial charge on any atom is -0.352 e. The second-order valence-electron chi connectivity index (χ2n) is 10.6. The van der Waals surface area contributed by atoms with Gasteiger partial charge in [0.15, 0.2) is 0 Å². The third-order valence-corrected chi connectivity index (χ3v) is 8.55. The normalized spacial score (nSPS) is 12.2. The standard InChI is InChI=1S/C32H40ClN3O4S/c1-23(2)34-32(38)30(21-26-14-7-6-8-15-26)35(22-27-16-9-10-17-28(27)33)31(37)19-12-20-36(41(5,39)40)29-18-11-13-24(3)25(29)4/h6-11,13-18,23,30H,12,19-22H2,1-5H3,(H,34,38)/t30-/m0/s1. The fourth-order valence-electron chi connectivity index (χ4n) is 4.73. The van der Waals surface area contributed by atoms with E-state index in [9.17, 15) is 18.0 Å². The lowest BCUT2D eigenvalue weighted by molar-refractivity contribution is -0.141. The summed E-state index contributed by atoms with van der Waals surface area (Å²) in [5.74, 6) is -0.503. The molecular formula is C32H40ClN3O4S. The summed E-state index contributed by atoms with van der Waals surface area (Å²) in [6.07, 6.45) is 1.84. The first-order valence-corrected chi connectivity index (χ1v) is 16.0. The van der Waals surface area contributed by atoms with Gasteiger partial charge in [0, 0.05) is 37.0 Å². The number of aryl methyl sites for hydroxylation is 1. The Hall–Kier alpha value is -3.36. The topological polar surface area (TPSA) is 86.8 Å². The number of halogens is 1. The van der Waals surface area contributed by atoms with Crippen LogP contribution < -0.4 is 9.62 Å². The monoisotopic (exact) mass is 597 g/mol. The SMILES string of the molecule is Cc1cccc(N(CCCC(=O)N(Cc2ccccc2Cl)[C@@H](Cc2ccccc2)C(=O)NC(C)C)S(C)(=O)=O)c1C. The van der Waals surface area contributed by atoms with Crippen molar-refractivity contribution < 1.29 is 18.0 Å². The van der Waals surface area contributed by atoms with Gasteiger partial charge in [0.25, 0.3) is 0 Å². The molecule has 7 nitrogen and oxygen atoms in total. The Morgan fingerprint density at radius 2 is 1.59 bits per heavy atom. The van der Waals surface area contributed by atoms with Gasteiger partial charge in [0.05, 0.1) is 11.9 Å². The fraction of sp³-hybridized carbons (Fsp3) is 0.375. The fourth-order valence-corrected chi connectivity index (χ4v) is 5.94. The summed E-state index contributed by atoms with van der Waals surface area (Å²) in [7, 11) is -3.59. The molecule has 0 fully saturated rings. The van der Waals surface area contributed by atoms with E-state index in [2.05, 4.69) is 5.32 Å². The van der Waals surface area contributed by atoms with Crippen LogP contribution in [-0.4, -0.2) is 50.0 Å². The summed E-state index contributed by atoms with van der Waals surface area (Å²) in [6.45, 7) is 7.87. The summed E-state index contributed by atoms with van der Waals surface area (Å²) in [6, 6.07) is 21.5. The maximum absolute atomic E-state index is 13.9. The van der Waals surface area contributed by atoms with Gasteiger partial charge in [-0.2, -0.15) is 0 Å². The van der Waals surface area contributed by atoms with Crippen LogP contribution in [0.25, 0.3) is 0 Å². The molecule has 3 aromatic rings. The zero-order valence-electron chi connectivity index (χ0n) is 24.4. The molecule has 0 unspecified atom stereocenters. The molecule has 0 spiro atoms. The predicted molar refractivity (Wildman–Crippen MR) is 167 cm³/mol. The van der Waals surface area contributed by atoms with Crippen molar-refractivity contribution in [2.24, 2.45) is 0 Å². The van der Waals surface area contributed by atoms with Crippen molar-refractivity contribution >= 4 is 39.1 Å². The number of carbonyl (C=O) groups is 2. The van der Waals surface area contributed by atoms with E-state index >= 15 is 0 Å². The third kappa shape index (κ3) is 9.07. The van der Waals surface area contributed by atoms with Crippen molar-refractivity contribution in [3.05, 3.63) is 100 Å². The van der Waals surface area contributed by atoms with E-state index in [1.165, 1.54) is 10.6 Å². The first-order chi connectivity index (χ1) is 19.4. The van der Waals surface area contributed by atoms with Gasteiger partial charge in [-0.1, -0.05) is 72.3 Å². The first kappa shape index (κ1) is 32.2. The number of rotatable bonds is 13. The van der Waals surface area contributed by atoms with Gasteiger partial charge in [-0.05, 0) is 68.5 Å². The molecule has 0 saturated heterocycles. The van der Waals surface area contributed by atoms with Crippen molar-refractivity contribution in [1.82, 2.24) is 10.2 Å². The van der Waals surface area contributed by atoms with Gasteiger partial charge in [-0.15, -0.1) is 0 Å². The average Bonchev–Trinajstić information content (AvgIpc) is 2.91. The Morgan fingerprint density at radius 3 is 2.22 bits per heavy atom. The van der Waals surface area contributed by atoms with Crippen molar-refractivity contribution in [2.75, 3.05) is 17.1 Å². The number of nitrogens with one attached hydrogen (secondary N) is 1. The predicted octanol–water partition coefficient (Wildman–Crippen LogP) is 5.67. The van der Waals surface area contributed by atoms with Gasteiger partial charge in [0.2, 0.25) is 21.8 Å². The number of carbonyl (C=O) groups excluding carboxylic acids is 2. The molecule has 41 heavy (non-hydrogen) atoms. The zero-order chi connectivity index (χ0) is 30.2. The molecule has 9 heteroatoms. The van der Waals surface area contributed by atoms with Crippen molar-refractivity contribution in [2.45, 2.75) is 65.6 Å². The first-order valence-electron chi connectivity index (χ1n) is 13.8. The molecule has 1 N–H and O–H groups in total. The van der Waals surface area contributed by atoms with E-state index in [1.54, 1.807) is 17.0 Å². The van der Waals surface area contributed by atoms with E-state index in [-0.39, 0.29) is 43.8 Å². The van der Waals surface area contributed by atoms with Crippen LogP contribution in [0.5, 0.6) is 0 Å². The Balaban J connectivity index is 1.91. The number of hydrogen-bond donors (Lipinski definition) is 1. The number of amides is 2. The molecule has 3 aromatic carbocycles. The Kier molecular flexibility index (Phi) is 11.4. The van der Waals surface area contributed by atoms with Crippen molar-refractivity contribution in [3.63, 3.8) is 0 Å². The van der Waals surface area contributed by atoms with Crippen LogP contribution in [0, 0.1) is 13.8 Å². The lowest BCUT2D eigenvalue weighted by Gasteiger charge is -2.32. The van der Waals surface area contributed by atoms with Gasteiger partial charge in [0.1, 0.15) is 6.04 Å². The lowest BCUT2D eigenvalue weighted by Crippen LogP contribution is -2.51. The molecule has 220 valence electrons. The molecule has 0 aliphatic carbocycles. The third-order valence-electron chi connectivity index (χ3n) is 7.00. The highest BCUT2D eigenvalue weighted by molar-refractivity contribution is 7.92. The van der Waals surface area contributed by atoms with E-state index in [0.29, 0.717) is 17.1 Å². The van der Waals surface area contributed by atoms with Crippen LogP contribution >= 0.6 is 11.6 Å². The maximum Gasteiger partial charge on any atom is 0.243 e. The highest BCUT2D eigenvalue weighted by Crippen LogP contribution is 2.26. The molecule has 0 radical (unpaired) electrons. The molecule has 0 aromatic heterocycles. The zero-order valence-corrected chi connectivity index (χ0v) is 26.0. The van der Waals surface area contributed by atoms with Crippen molar-refractivity contribution in [1.29, 1.82) is 0 Å². The molecule has 0 aliphatic rings. The number of anilines is 1. The minimum absolute atomic E-state index is 0.0571. The van der Waals surface area contributed by atoms with Crippen LogP contribution in [0.3, 0.4) is 0 Å². The van der Waals surface area contributed by atoms with Crippen LogP contribution in [0.1, 0.15) is 48.9 Å². The quantitative estimate of drug-likeness (QED) is 0.275. The van der Waals surface area contributed by atoms with Crippen molar-refractivity contribution in [3.8, 4) is 0 Å². The number of sulfonamides is 1. The van der Waals surface area contributed by atoms with Crippen LogP contribution in [0.4, 0.5) is 5.69 Å². The van der Waals surface area contributed by atoms with Gasteiger partial charge < -0.3 is 10.2 Å². The minimum atomic E-state index is -3.59. The summed E-state index contributed by atoms with van der Waals surface area (Å²) in [5, 5.41) is 3.48. The highest BCUT2D eigenvalue weighted by atomic mass is 35.5. The van der Waals surface area contributed by atoms with Gasteiger partial charge in [-0.3, -0.25) is 13.9 Å². The molecule has 0 bridgehead atoms. The Morgan fingerprint density at radius 1 is 0.927 bits per heavy atom. The van der Waals surface area contributed by atoms with Gasteiger partial charge >= 0.3 is 0 Å². The highest BCUT2D eigenvalue weighted by Gasteiger charge is 2.31. The number of hydrogen-bond acceptors (Lipinski definition) is 4. The van der Waals surface area contributed by atoms with E-state index < -0.39 is 16.1 Å². The molecule has 3 rings (SSSR count). The second kappa shape index (κ2) is 14.5. The summed E-state index contributed by atoms with van der Waals surface area (Å²) in [5.41, 5.74) is 4.11. The van der Waals surface area contributed by atoms with Gasteiger partial charge in [-0.25, -0.2) is 8.42 Å². The average molecular weight is 598 g/mol. The summed E-state index contributed by atoms with van der Waals surface area (Å²) in [4.78, 5) is 29.0. The van der Waals surface area contributed by atoms with Crippen LogP contribution in [0.2, 0.25) is 5.02 Å². The number of benzene rings is 3. The smallest absolute Gasteiger partial charge is 0.243 e. The summed E-state index contributed by atoms with van der Waals surface area (Å²) >= 11 is 6.48. The lowest BCUT2D eigenvalue weighted by atomic mass is 10.0. The molecule has 0 saturated carbocycles. The molecule has 1 atom stereocenters. The number of nitrogens with zero attached hydrogens (tertiary/aromatic N) is 2. The molecule has 0 aliphatic heterocycles.